The summed E-state index contributed by atoms with van der Waals surface area (Å²) in [6, 6.07) is 7.34. The largest absolute Gasteiger partial charge is 0.497 e. The lowest BCUT2D eigenvalue weighted by Gasteiger charge is -2.06. The van der Waals surface area contributed by atoms with Gasteiger partial charge in [0.15, 0.2) is 0 Å². The van der Waals surface area contributed by atoms with Crippen molar-refractivity contribution in [3.63, 3.8) is 0 Å². The van der Waals surface area contributed by atoms with Crippen molar-refractivity contribution in [2.24, 2.45) is 0 Å². The van der Waals surface area contributed by atoms with Crippen LogP contribution in [-0.4, -0.2) is 29.8 Å². The average molecular weight is 293 g/mol. The summed E-state index contributed by atoms with van der Waals surface area (Å²) in [6.07, 6.45) is 0.579. The molecular weight excluding hydrogens is 278 g/mol. The quantitative estimate of drug-likeness (QED) is 0.887. The maximum absolute atomic E-state index is 10.9. The Morgan fingerprint density at radius 3 is 2.80 bits per heavy atom. The first-order valence-electron chi connectivity index (χ1n) is 6.06. The van der Waals surface area contributed by atoms with Gasteiger partial charge in [-0.2, -0.15) is 0 Å². The van der Waals surface area contributed by atoms with Gasteiger partial charge < -0.3 is 14.6 Å². The van der Waals surface area contributed by atoms with Crippen molar-refractivity contribution in [2.45, 2.75) is 13.3 Å². The van der Waals surface area contributed by atoms with E-state index in [4.69, 9.17) is 14.6 Å². The molecule has 0 saturated carbocycles. The minimum atomic E-state index is -0.931. The molecule has 6 heteroatoms. The third-order valence-corrected chi connectivity index (χ3v) is 3.87. The number of carboxylic acid groups (broad SMARTS) is 1. The van der Waals surface area contributed by atoms with Gasteiger partial charge in [0.1, 0.15) is 16.4 Å². The first-order valence-corrected chi connectivity index (χ1v) is 6.88. The van der Waals surface area contributed by atoms with Gasteiger partial charge in [-0.3, -0.25) is 0 Å². The first kappa shape index (κ1) is 14.3. The van der Waals surface area contributed by atoms with Crippen molar-refractivity contribution in [3.05, 3.63) is 39.8 Å². The average Bonchev–Trinajstić information content (AvgIpc) is 2.80. The van der Waals surface area contributed by atoms with Gasteiger partial charge in [-0.05, 0) is 19.1 Å². The monoisotopic (exact) mass is 293 g/mol. The zero-order valence-electron chi connectivity index (χ0n) is 11.3. The zero-order chi connectivity index (χ0) is 14.5. The highest BCUT2D eigenvalue weighted by atomic mass is 32.1. The fraction of sp³-hybridized carbons (Fsp3) is 0.286. The zero-order valence-corrected chi connectivity index (χ0v) is 12.1. The molecule has 0 saturated heterocycles. The van der Waals surface area contributed by atoms with Gasteiger partial charge in [-0.25, -0.2) is 9.78 Å². The Morgan fingerprint density at radius 2 is 2.15 bits per heavy atom. The molecule has 1 aromatic heterocycles. The summed E-state index contributed by atoms with van der Waals surface area (Å²) in [5.74, 6) is 0.525. The van der Waals surface area contributed by atoms with Gasteiger partial charge in [0, 0.05) is 12.5 Å². The van der Waals surface area contributed by atoms with E-state index in [0.717, 1.165) is 16.5 Å². The van der Waals surface area contributed by atoms with Crippen LogP contribution in [0.5, 0.6) is 11.5 Å². The number of hydrogen-bond acceptors (Lipinski definition) is 5. The minimum Gasteiger partial charge on any atom is -0.497 e. The van der Waals surface area contributed by atoms with Gasteiger partial charge in [0.25, 0.3) is 0 Å². The second-order valence-electron chi connectivity index (χ2n) is 4.10. The maximum atomic E-state index is 10.9. The number of nitrogens with zero attached hydrogens (tertiary/aromatic N) is 1. The molecular formula is C14H15NO4S. The van der Waals surface area contributed by atoms with Gasteiger partial charge in [0.05, 0.1) is 24.4 Å². The highest BCUT2D eigenvalue weighted by molar-refractivity contribution is 7.13. The number of hydrogen-bond donors (Lipinski definition) is 1. The predicted octanol–water partition coefficient (Wildman–Crippen LogP) is 2.78. The highest BCUT2D eigenvalue weighted by Gasteiger charge is 2.13. The van der Waals surface area contributed by atoms with E-state index in [1.807, 2.05) is 18.2 Å². The van der Waals surface area contributed by atoms with Crippen molar-refractivity contribution in [1.82, 2.24) is 4.98 Å². The third kappa shape index (κ3) is 3.48. The van der Waals surface area contributed by atoms with Crippen LogP contribution in [0.25, 0.3) is 0 Å². The van der Waals surface area contributed by atoms with Crippen molar-refractivity contribution in [1.29, 1.82) is 0 Å². The summed E-state index contributed by atoms with van der Waals surface area (Å²) in [4.78, 5) is 15.4. The normalized spacial score (nSPS) is 10.3. The number of aryl methyl sites for hydroxylation is 1. The van der Waals surface area contributed by atoms with Crippen LogP contribution < -0.4 is 9.47 Å². The number of carboxylic acids is 1. The summed E-state index contributed by atoms with van der Waals surface area (Å²) >= 11 is 1.20. The van der Waals surface area contributed by atoms with Crippen LogP contribution in [0.1, 0.15) is 20.4 Å². The fourth-order valence-corrected chi connectivity index (χ4v) is 2.59. The number of benzene rings is 1. The summed E-state index contributed by atoms with van der Waals surface area (Å²) < 4.78 is 10.7. The summed E-state index contributed by atoms with van der Waals surface area (Å²) in [5, 5.41) is 9.73. The topological polar surface area (TPSA) is 68.7 Å². The molecule has 0 amide bonds. The number of aromatic carboxylic acids is 1. The summed E-state index contributed by atoms with van der Waals surface area (Å²) in [6.45, 7) is 2.14. The standard InChI is InChI=1S/C14H15NO4S/c1-9-13(14(16)17)20-12(15-9)6-7-19-11-5-3-4-10(8-11)18-2/h3-5,8H,6-7H2,1-2H3,(H,16,17). The van der Waals surface area contributed by atoms with E-state index >= 15 is 0 Å². The number of thiazole rings is 1. The summed E-state index contributed by atoms with van der Waals surface area (Å²) in [7, 11) is 1.60. The first-order chi connectivity index (χ1) is 9.60. The Bertz CT molecular complexity index is 609. The van der Waals surface area contributed by atoms with Crippen LogP contribution in [0.3, 0.4) is 0 Å². The molecule has 0 atom stereocenters. The molecule has 2 aromatic rings. The van der Waals surface area contributed by atoms with Crippen LogP contribution in [0.2, 0.25) is 0 Å². The number of aromatic nitrogens is 1. The Labute approximate surface area is 120 Å². The van der Waals surface area contributed by atoms with Crippen molar-refractivity contribution >= 4 is 17.3 Å². The number of methoxy groups -OCH3 is 1. The Hall–Kier alpha value is -2.08. The second-order valence-corrected chi connectivity index (χ2v) is 5.19. The van der Waals surface area contributed by atoms with E-state index in [1.165, 1.54) is 11.3 Å². The lowest BCUT2D eigenvalue weighted by atomic mass is 10.3. The molecule has 1 heterocycles. The van der Waals surface area contributed by atoms with E-state index in [1.54, 1.807) is 20.1 Å². The Kier molecular flexibility index (Phi) is 4.57. The number of carbonyl (C=O) groups is 1. The molecule has 0 bridgehead atoms. The van der Waals surface area contributed by atoms with Crippen LogP contribution in [-0.2, 0) is 6.42 Å². The molecule has 0 aliphatic heterocycles. The van der Waals surface area contributed by atoms with Crippen molar-refractivity contribution < 1.29 is 19.4 Å². The Morgan fingerprint density at radius 1 is 1.40 bits per heavy atom. The maximum Gasteiger partial charge on any atom is 0.347 e. The SMILES string of the molecule is COc1cccc(OCCc2nc(C)c(C(=O)O)s2)c1. The molecule has 0 fully saturated rings. The molecule has 106 valence electrons. The minimum absolute atomic E-state index is 0.293. The lowest BCUT2D eigenvalue weighted by Crippen LogP contribution is -2.01. The van der Waals surface area contributed by atoms with Crippen molar-refractivity contribution in [3.8, 4) is 11.5 Å². The molecule has 0 aliphatic carbocycles. The van der Waals surface area contributed by atoms with Crippen molar-refractivity contribution in [2.75, 3.05) is 13.7 Å². The van der Waals surface area contributed by atoms with Gasteiger partial charge in [-0.1, -0.05) is 6.07 Å². The fourth-order valence-electron chi connectivity index (χ4n) is 1.70. The Balaban J connectivity index is 1.92. The van der Waals surface area contributed by atoms with Crippen LogP contribution in [0.4, 0.5) is 0 Å². The highest BCUT2D eigenvalue weighted by Crippen LogP contribution is 2.21. The van der Waals surface area contributed by atoms with E-state index in [-0.39, 0.29) is 0 Å². The molecule has 20 heavy (non-hydrogen) atoms. The molecule has 5 nitrogen and oxygen atoms in total. The van der Waals surface area contributed by atoms with Gasteiger partial charge in [-0.15, -0.1) is 11.3 Å². The van der Waals surface area contributed by atoms with Gasteiger partial charge >= 0.3 is 5.97 Å². The number of ether oxygens (including phenoxy) is 2. The molecule has 1 N–H and O–H groups in total. The molecule has 1 aromatic carbocycles. The number of rotatable bonds is 6. The smallest absolute Gasteiger partial charge is 0.347 e. The van der Waals surface area contributed by atoms with Crippen LogP contribution >= 0.6 is 11.3 Å². The van der Waals surface area contributed by atoms with E-state index in [2.05, 4.69) is 4.98 Å². The molecule has 0 radical (unpaired) electrons. The molecule has 0 unspecified atom stereocenters. The summed E-state index contributed by atoms with van der Waals surface area (Å²) in [5.41, 5.74) is 0.555. The van der Waals surface area contributed by atoms with Crippen LogP contribution in [0.15, 0.2) is 24.3 Å². The van der Waals surface area contributed by atoms with Crippen LogP contribution in [0, 0.1) is 6.92 Å². The van der Waals surface area contributed by atoms with Gasteiger partial charge in [0.2, 0.25) is 0 Å². The molecule has 0 aliphatic rings. The van der Waals surface area contributed by atoms with E-state index < -0.39 is 5.97 Å². The third-order valence-electron chi connectivity index (χ3n) is 2.66. The molecule has 2 rings (SSSR count). The second kappa shape index (κ2) is 6.38. The van der Waals surface area contributed by atoms with E-state index in [0.29, 0.717) is 23.6 Å². The van der Waals surface area contributed by atoms with E-state index in [9.17, 15) is 4.79 Å². The molecule has 0 spiro atoms. The lowest BCUT2D eigenvalue weighted by molar-refractivity contribution is 0.0701. The predicted molar refractivity (Wildman–Crippen MR) is 76.0 cm³/mol.